The molecule has 0 unspecified atom stereocenters. The van der Waals surface area contributed by atoms with Gasteiger partial charge in [-0.2, -0.15) is 0 Å². The lowest BCUT2D eigenvalue weighted by atomic mass is 9.71. The molecule has 2 saturated heterocycles. The Balaban J connectivity index is 1.24. The molecule has 8 heterocycles. The van der Waals surface area contributed by atoms with Gasteiger partial charge in [-0.25, -0.2) is 4.79 Å². The van der Waals surface area contributed by atoms with Gasteiger partial charge in [0.05, 0.1) is 43.9 Å². The van der Waals surface area contributed by atoms with Gasteiger partial charge in [0.2, 0.25) is 6.79 Å². The molecule has 3 aromatic carbocycles. The minimum Gasteiger partial charge on any atom is -0.504 e. The van der Waals surface area contributed by atoms with Crippen molar-refractivity contribution in [2.45, 2.75) is 87.6 Å². The second kappa shape index (κ2) is 13.4. The number of carbonyl (C=O) groups excluding carboxylic acids is 2. The molecular weight excluding hydrogens is 765 g/mol. The van der Waals surface area contributed by atoms with Gasteiger partial charge in [0.25, 0.3) is 0 Å². The molecule has 0 saturated carbocycles. The number of phenols is 1. The second-order valence-corrected chi connectivity index (χ2v) is 17.6. The Bertz CT molecular complexity index is 2420. The monoisotopic (exact) mass is 812 g/mol. The number of phenolic OH excluding ortho intramolecular Hbond substituents is 1. The van der Waals surface area contributed by atoms with Crippen molar-refractivity contribution < 1.29 is 48.2 Å². The number of fused-ring (bicyclic) bond motifs is 11. The molecule has 4 N–H and O–H groups in total. The van der Waals surface area contributed by atoms with E-state index in [2.05, 4.69) is 40.1 Å². The van der Waals surface area contributed by atoms with E-state index in [1.54, 1.807) is 26.0 Å². The van der Waals surface area contributed by atoms with Crippen molar-refractivity contribution >= 4 is 34.6 Å². The SMILES string of the molecule is COc1ccc2[nH]c3c(c2c1)C[C@@H](CO)N[C@]31CS[C@@H]2c3c(OC(C)=O)c(C)c4c(c3[C@H](COC1=O)N1[C@@H]2[C@H]2c3c(cc(C)c(OC)c3O)C[C@@H]([C@@H]1C)N2C)OCO4. The number of methoxy groups -OCH3 is 2. The summed E-state index contributed by atoms with van der Waals surface area (Å²) in [5, 5.41) is 26.9. The van der Waals surface area contributed by atoms with Crippen molar-refractivity contribution in [3.8, 4) is 34.5 Å². The van der Waals surface area contributed by atoms with Crippen molar-refractivity contribution in [3.63, 3.8) is 0 Å². The largest absolute Gasteiger partial charge is 0.504 e. The molecule has 14 nitrogen and oxygen atoms in total. The average Bonchev–Trinajstić information content (AvgIpc) is 3.85. The summed E-state index contributed by atoms with van der Waals surface area (Å²) in [5.41, 5.74) is 5.95. The van der Waals surface area contributed by atoms with Gasteiger partial charge in [-0.05, 0) is 75.5 Å². The van der Waals surface area contributed by atoms with Gasteiger partial charge in [-0.3, -0.25) is 19.9 Å². The minimum atomic E-state index is -1.41. The van der Waals surface area contributed by atoms with Crippen LogP contribution in [0.15, 0.2) is 24.3 Å². The molecule has 306 valence electrons. The third-order valence-corrected chi connectivity index (χ3v) is 15.1. The third kappa shape index (κ3) is 5.06. The summed E-state index contributed by atoms with van der Waals surface area (Å²) in [7, 11) is 5.32. The van der Waals surface area contributed by atoms with Gasteiger partial charge < -0.3 is 43.6 Å². The third-order valence-electron chi connectivity index (χ3n) is 13.6. The van der Waals surface area contributed by atoms with Crippen LogP contribution < -0.4 is 29.0 Å². The predicted octanol–water partition coefficient (Wildman–Crippen LogP) is 4.62. The lowest BCUT2D eigenvalue weighted by Crippen LogP contribution is -2.69. The summed E-state index contributed by atoms with van der Waals surface area (Å²) in [6, 6.07) is 6.19. The van der Waals surface area contributed by atoms with E-state index in [0.29, 0.717) is 52.8 Å². The fourth-order valence-corrected chi connectivity index (χ4v) is 12.9. The number of aromatic hydroxyl groups is 1. The highest BCUT2D eigenvalue weighted by molar-refractivity contribution is 7.99. The molecule has 0 amide bonds. The maximum absolute atomic E-state index is 15.1. The summed E-state index contributed by atoms with van der Waals surface area (Å²) >= 11 is 1.57. The highest BCUT2D eigenvalue weighted by Crippen LogP contribution is 2.64. The Morgan fingerprint density at radius 3 is 2.59 bits per heavy atom. The zero-order chi connectivity index (χ0) is 40.5. The van der Waals surface area contributed by atoms with E-state index in [4.69, 9.17) is 28.4 Å². The standard InChI is InChI=1S/C43H48N4O10S/c1-18-10-22-11-28-20(3)47-29-15-54-42(51)43(41-26(12-23(14-48)45-43)25-13-24(52-6)8-9-27(25)44-41)16-58-40(34(47)33(46(28)5)30(22)35(50)36(18)53-7)32-31(29)39-38(55-17-56-39)19(2)37(32)57-21(4)49/h8-10,13,20,23,28-29,33-34,40,44-45,48,50H,11-12,14-17H2,1-7H3/t20-,23-,28-,29-,33+,34+,40+,43+/m0/s1. The van der Waals surface area contributed by atoms with Crippen LogP contribution in [0.4, 0.5) is 0 Å². The number of thioether (sulfide) groups is 1. The normalized spacial score (nSPS) is 29.7. The molecule has 1 spiro atoms. The molecule has 7 aliphatic heterocycles. The Labute approximate surface area is 340 Å². The predicted molar refractivity (Wildman–Crippen MR) is 214 cm³/mol. The summed E-state index contributed by atoms with van der Waals surface area (Å²) < 4.78 is 36.6. The molecule has 2 fully saturated rings. The van der Waals surface area contributed by atoms with Crippen LogP contribution in [-0.2, 0) is 32.7 Å². The molecular formula is C43H48N4O10S. The van der Waals surface area contributed by atoms with Gasteiger partial charge in [0.15, 0.2) is 28.5 Å². The highest BCUT2D eigenvalue weighted by Gasteiger charge is 2.61. The molecule has 15 heteroatoms. The van der Waals surface area contributed by atoms with E-state index in [9.17, 15) is 15.0 Å². The average molecular weight is 813 g/mol. The van der Waals surface area contributed by atoms with Crippen LogP contribution in [0.5, 0.6) is 34.5 Å². The van der Waals surface area contributed by atoms with E-state index in [0.717, 1.165) is 44.3 Å². The molecule has 11 rings (SSSR count). The molecule has 0 aliphatic carbocycles. The van der Waals surface area contributed by atoms with Gasteiger partial charge in [-0.15, -0.1) is 11.8 Å². The lowest BCUT2D eigenvalue weighted by molar-refractivity contribution is -0.159. The van der Waals surface area contributed by atoms with Gasteiger partial charge >= 0.3 is 11.9 Å². The summed E-state index contributed by atoms with van der Waals surface area (Å²) in [6.45, 7) is 7.18. The summed E-state index contributed by atoms with van der Waals surface area (Å²) in [4.78, 5) is 36.6. The zero-order valence-corrected chi connectivity index (χ0v) is 34.4. The van der Waals surface area contributed by atoms with E-state index < -0.39 is 34.8 Å². The van der Waals surface area contributed by atoms with Crippen LogP contribution in [0.2, 0.25) is 0 Å². The maximum Gasteiger partial charge on any atom is 0.333 e. The second-order valence-electron chi connectivity index (χ2n) is 16.5. The first-order valence-electron chi connectivity index (χ1n) is 19.8. The number of carbonyl (C=O) groups is 2. The quantitative estimate of drug-likeness (QED) is 0.167. The number of aryl methyl sites for hydroxylation is 1. The Hall–Kier alpha value is -4.67. The highest BCUT2D eigenvalue weighted by atomic mass is 32.2. The fraction of sp³-hybridized carbons (Fsp3) is 0.488. The smallest absolute Gasteiger partial charge is 0.333 e. The number of esters is 2. The first kappa shape index (κ1) is 37.6. The number of likely N-dealkylation sites (N-methyl/N-ethyl adjacent to an activating group) is 1. The molecule has 8 atom stereocenters. The number of aromatic amines is 1. The van der Waals surface area contributed by atoms with Crippen molar-refractivity contribution in [3.05, 3.63) is 68.9 Å². The number of nitrogens with zero attached hydrogens (tertiary/aromatic N) is 2. The van der Waals surface area contributed by atoms with E-state index >= 15 is 4.79 Å². The number of H-pyrrole nitrogens is 1. The van der Waals surface area contributed by atoms with Crippen LogP contribution in [0.25, 0.3) is 10.9 Å². The van der Waals surface area contributed by atoms with Gasteiger partial charge in [-0.1, -0.05) is 6.07 Å². The fourth-order valence-electron chi connectivity index (χ4n) is 11.2. The molecule has 0 radical (unpaired) electrons. The van der Waals surface area contributed by atoms with Crippen molar-refractivity contribution in [1.29, 1.82) is 0 Å². The Morgan fingerprint density at radius 2 is 1.84 bits per heavy atom. The number of hydrogen-bond donors (Lipinski definition) is 4. The first-order chi connectivity index (χ1) is 27.9. The molecule has 58 heavy (non-hydrogen) atoms. The number of aliphatic hydroxyl groups is 1. The van der Waals surface area contributed by atoms with Crippen molar-refractivity contribution in [2.75, 3.05) is 47.0 Å². The number of hydrogen-bond acceptors (Lipinski definition) is 14. The number of benzene rings is 3. The zero-order valence-electron chi connectivity index (χ0n) is 33.6. The maximum atomic E-state index is 15.1. The molecule has 4 bridgehead atoms. The van der Waals surface area contributed by atoms with Crippen LogP contribution in [0, 0.1) is 13.8 Å². The minimum absolute atomic E-state index is 0.00660. The molecule has 4 aromatic rings. The number of aliphatic hydroxyl groups excluding tert-OH is 1. The van der Waals surface area contributed by atoms with Crippen LogP contribution in [0.1, 0.15) is 75.8 Å². The van der Waals surface area contributed by atoms with Gasteiger partial charge in [0, 0.05) is 70.0 Å². The number of nitrogens with one attached hydrogen (secondary N) is 2. The summed E-state index contributed by atoms with van der Waals surface area (Å²) in [5.74, 6) is 1.93. The van der Waals surface area contributed by atoms with Crippen LogP contribution in [-0.4, -0.2) is 108 Å². The molecule has 1 aromatic heterocycles. The Kier molecular flexibility index (Phi) is 8.70. The number of aromatic nitrogens is 1. The molecule has 7 aliphatic rings. The van der Waals surface area contributed by atoms with E-state index in [-0.39, 0.29) is 55.7 Å². The number of piperazine rings is 1. The van der Waals surface area contributed by atoms with E-state index in [1.807, 2.05) is 32.0 Å². The lowest BCUT2D eigenvalue weighted by Gasteiger charge is -2.63. The van der Waals surface area contributed by atoms with Crippen molar-refractivity contribution in [1.82, 2.24) is 20.1 Å². The Morgan fingerprint density at radius 1 is 1.05 bits per heavy atom. The first-order valence-corrected chi connectivity index (χ1v) is 20.9. The van der Waals surface area contributed by atoms with Crippen molar-refractivity contribution in [2.24, 2.45) is 0 Å². The number of rotatable bonds is 4. The van der Waals surface area contributed by atoms with Gasteiger partial charge in [0.1, 0.15) is 18.1 Å². The topological polar surface area (TPSA) is 164 Å². The number of ether oxygens (including phenoxy) is 6. The van der Waals surface area contributed by atoms with E-state index in [1.165, 1.54) is 6.92 Å². The summed E-state index contributed by atoms with van der Waals surface area (Å²) in [6.07, 6.45) is 1.17. The van der Waals surface area contributed by atoms with Crippen LogP contribution >= 0.6 is 11.8 Å². The van der Waals surface area contributed by atoms with Crippen LogP contribution in [0.3, 0.4) is 0 Å².